The average Bonchev–Trinajstić information content (AvgIpc) is 3.17. The number of anilines is 3. The molecule has 2 aromatic carbocycles. The lowest BCUT2D eigenvalue weighted by molar-refractivity contribution is -0.113. The third-order valence-corrected chi connectivity index (χ3v) is 5.91. The zero-order valence-electron chi connectivity index (χ0n) is 15.9. The number of hydrogen-bond acceptors (Lipinski definition) is 8. The van der Waals surface area contributed by atoms with Crippen LogP contribution < -0.4 is 21.9 Å². The number of carbonyl (C=O) groups is 2. The Morgan fingerprint density at radius 2 is 1.77 bits per heavy atom. The monoisotopic (exact) mass is 452 g/mol. The maximum Gasteiger partial charge on any atom is 0.277 e. The molecule has 5 N–H and O–H groups in total. The Hall–Kier alpha value is -3.70. The van der Waals surface area contributed by atoms with Gasteiger partial charge in [-0.2, -0.15) is 0 Å². The van der Waals surface area contributed by atoms with Gasteiger partial charge in [0.15, 0.2) is 16.1 Å². The minimum absolute atomic E-state index is 0.00593. The van der Waals surface area contributed by atoms with Gasteiger partial charge in [-0.1, -0.05) is 53.4 Å². The number of benzene rings is 2. The standard InChI is InChI=1S/C20H16N6O3S2/c21-16-15(24-17(28)11-6-2-1-3-7-11)18(29)26-19(25-16)30-10-14(27)23-20-22-12-8-4-5-9-13(12)31-20/h1-9H,10H2,(H,24,28)(H,22,23,27)(H3,21,25,26,29). The Labute approximate surface area is 184 Å². The van der Waals surface area contributed by atoms with E-state index < -0.39 is 11.5 Å². The van der Waals surface area contributed by atoms with Gasteiger partial charge in [0.2, 0.25) is 5.91 Å². The van der Waals surface area contributed by atoms with Gasteiger partial charge in [0.1, 0.15) is 5.69 Å². The number of para-hydroxylation sites is 1. The van der Waals surface area contributed by atoms with Gasteiger partial charge in [0.25, 0.3) is 11.5 Å². The van der Waals surface area contributed by atoms with E-state index >= 15 is 0 Å². The minimum atomic E-state index is -0.606. The first-order valence-corrected chi connectivity index (χ1v) is 10.8. The largest absolute Gasteiger partial charge is 0.382 e. The Bertz CT molecular complexity index is 1290. The maximum atomic E-state index is 12.4. The Balaban J connectivity index is 1.39. The first-order chi connectivity index (χ1) is 15.0. The molecule has 0 aliphatic carbocycles. The van der Waals surface area contributed by atoms with Gasteiger partial charge >= 0.3 is 0 Å². The molecule has 31 heavy (non-hydrogen) atoms. The van der Waals surface area contributed by atoms with Crippen LogP contribution in [0, 0.1) is 0 Å². The van der Waals surface area contributed by atoms with Crippen molar-refractivity contribution in [1.29, 1.82) is 0 Å². The number of thioether (sulfide) groups is 1. The summed E-state index contributed by atoms with van der Waals surface area (Å²) < 4.78 is 0.970. The van der Waals surface area contributed by atoms with Crippen LogP contribution in [0.2, 0.25) is 0 Å². The normalized spacial score (nSPS) is 10.7. The number of hydrogen-bond donors (Lipinski definition) is 4. The molecule has 4 aromatic rings. The van der Waals surface area contributed by atoms with Crippen LogP contribution in [0.1, 0.15) is 10.4 Å². The predicted molar refractivity (Wildman–Crippen MR) is 123 cm³/mol. The molecule has 2 aromatic heterocycles. The highest BCUT2D eigenvalue weighted by molar-refractivity contribution is 7.99. The SMILES string of the molecule is Nc1nc(SCC(=O)Nc2nc3ccccc3s2)[nH]c(=O)c1NC(=O)c1ccccc1. The van der Waals surface area contributed by atoms with Crippen molar-refractivity contribution in [2.45, 2.75) is 5.16 Å². The molecule has 0 saturated heterocycles. The molecular formula is C20H16N6O3S2. The van der Waals surface area contributed by atoms with Crippen molar-refractivity contribution >= 4 is 61.8 Å². The fraction of sp³-hybridized carbons (Fsp3) is 0.0500. The highest BCUT2D eigenvalue weighted by atomic mass is 32.2. The summed E-state index contributed by atoms with van der Waals surface area (Å²) in [4.78, 5) is 47.8. The highest BCUT2D eigenvalue weighted by Gasteiger charge is 2.15. The summed E-state index contributed by atoms with van der Waals surface area (Å²) in [5.41, 5.74) is 6.29. The lowest BCUT2D eigenvalue weighted by Crippen LogP contribution is -2.23. The molecule has 0 radical (unpaired) electrons. The van der Waals surface area contributed by atoms with Crippen molar-refractivity contribution in [3.05, 3.63) is 70.5 Å². The molecule has 9 nitrogen and oxygen atoms in total. The minimum Gasteiger partial charge on any atom is -0.382 e. The lowest BCUT2D eigenvalue weighted by atomic mass is 10.2. The number of nitrogens with zero attached hydrogens (tertiary/aromatic N) is 2. The van der Waals surface area contributed by atoms with E-state index in [1.807, 2.05) is 24.3 Å². The number of thiazole rings is 1. The number of rotatable bonds is 6. The fourth-order valence-corrected chi connectivity index (χ4v) is 4.20. The van der Waals surface area contributed by atoms with Crippen molar-refractivity contribution in [2.75, 3.05) is 22.1 Å². The number of aromatic nitrogens is 3. The number of nitrogens with two attached hydrogens (primary N) is 1. The molecule has 0 unspecified atom stereocenters. The number of carbonyl (C=O) groups excluding carboxylic acids is 2. The number of amides is 2. The second kappa shape index (κ2) is 8.98. The number of fused-ring (bicyclic) bond motifs is 1. The molecule has 4 rings (SSSR count). The number of aromatic amines is 1. The van der Waals surface area contributed by atoms with Crippen molar-refractivity contribution in [2.24, 2.45) is 0 Å². The van der Waals surface area contributed by atoms with E-state index in [-0.39, 0.29) is 28.3 Å². The van der Waals surface area contributed by atoms with Crippen LogP contribution in [-0.2, 0) is 4.79 Å². The van der Waals surface area contributed by atoms with Gasteiger partial charge in [-0.3, -0.25) is 19.4 Å². The van der Waals surface area contributed by atoms with Crippen LogP contribution in [0.25, 0.3) is 10.2 Å². The van der Waals surface area contributed by atoms with Gasteiger partial charge in [0, 0.05) is 5.56 Å². The molecular weight excluding hydrogens is 436 g/mol. The van der Waals surface area contributed by atoms with E-state index in [1.54, 1.807) is 30.3 Å². The lowest BCUT2D eigenvalue weighted by Gasteiger charge is -2.08. The van der Waals surface area contributed by atoms with E-state index in [0.29, 0.717) is 10.7 Å². The van der Waals surface area contributed by atoms with Crippen LogP contribution >= 0.6 is 23.1 Å². The quantitative estimate of drug-likeness (QED) is 0.260. The third kappa shape index (κ3) is 4.90. The molecule has 0 saturated carbocycles. The Kier molecular flexibility index (Phi) is 5.96. The second-order valence-corrected chi connectivity index (χ2v) is 8.27. The summed E-state index contributed by atoms with van der Waals surface area (Å²) in [6.07, 6.45) is 0. The zero-order chi connectivity index (χ0) is 21.8. The topological polar surface area (TPSA) is 143 Å². The molecule has 0 aliphatic rings. The van der Waals surface area contributed by atoms with Crippen LogP contribution in [0.15, 0.2) is 64.5 Å². The molecule has 0 atom stereocenters. The molecule has 11 heteroatoms. The first-order valence-electron chi connectivity index (χ1n) is 9.04. The van der Waals surface area contributed by atoms with Gasteiger partial charge in [-0.25, -0.2) is 9.97 Å². The molecule has 0 aliphatic heterocycles. The van der Waals surface area contributed by atoms with Crippen molar-refractivity contribution in [1.82, 2.24) is 15.0 Å². The van der Waals surface area contributed by atoms with Gasteiger partial charge in [-0.15, -0.1) is 0 Å². The van der Waals surface area contributed by atoms with Crippen molar-refractivity contribution in [3.63, 3.8) is 0 Å². The molecule has 0 spiro atoms. The highest BCUT2D eigenvalue weighted by Crippen LogP contribution is 2.25. The van der Waals surface area contributed by atoms with Crippen LogP contribution in [0.5, 0.6) is 0 Å². The zero-order valence-corrected chi connectivity index (χ0v) is 17.5. The molecule has 2 amide bonds. The number of nitrogen functional groups attached to an aromatic ring is 1. The summed E-state index contributed by atoms with van der Waals surface area (Å²) in [6.45, 7) is 0. The van der Waals surface area contributed by atoms with Crippen LogP contribution in [0.3, 0.4) is 0 Å². The Morgan fingerprint density at radius 3 is 2.52 bits per heavy atom. The van der Waals surface area contributed by atoms with Crippen molar-refractivity contribution in [3.8, 4) is 0 Å². The van der Waals surface area contributed by atoms with Gasteiger partial charge in [0.05, 0.1) is 16.0 Å². The number of H-pyrrole nitrogens is 1. The van der Waals surface area contributed by atoms with E-state index in [4.69, 9.17) is 5.73 Å². The fourth-order valence-electron chi connectivity index (χ4n) is 2.65. The van der Waals surface area contributed by atoms with Gasteiger partial charge in [-0.05, 0) is 24.3 Å². The molecule has 0 bridgehead atoms. The summed E-state index contributed by atoms with van der Waals surface area (Å²) in [6, 6.07) is 16.0. The third-order valence-electron chi connectivity index (χ3n) is 4.08. The second-order valence-electron chi connectivity index (χ2n) is 6.28. The van der Waals surface area contributed by atoms with E-state index in [2.05, 4.69) is 25.6 Å². The summed E-state index contributed by atoms with van der Waals surface area (Å²) in [5.74, 6) is -0.919. The summed E-state index contributed by atoms with van der Waals surface area (Å²) in [7, 11) is 0. The van der Waals surface area contributed by atoms with Crippen molar-refractivity contribution < 1.29 is 9.59 Å². The number of nitrogens with one attached hydrogen (secondary N) is 3. The predicted octanol–water partition coefficient (Wildman–Crippen LogP) is 2.94. The smallest absolute Gasteiger partial charge is 0.277 e. The van der Waals surface area contributed by atoms with Crippen LogP contribution in [0.4, 0.5) is 16.6 Å². The Morgan fingerprint density at radius 1 is 1.03 bits per heavy atom. The summed E-state index contributed by atoms with van der Waals surface area (Å²) >= 11 is 2.38. The first kappa shape index (κ1) is 20.6. The van der Waals surface area contributed by atoms with E-state index in [9.17, 15) is 14.4 Å². The molecule has 156 valence electrons. The maximum absolute atomic E-state index is 12.4. The van der Waals surface area contributed by atoms with E-state index in [1.165, 1.54) is 11.3 Å². The average molecular weight is 453 g/mol. The van der Waals surface area contributed by atoms with E-state index in [0.717, 1.165) is 22.0 Å². The van der Waals surface area contributed by atoms with Crippen LogP contribution in [-0.4, -0.2) is 32.5 Å². The molecule has 2 heterocycles. The van der Waals surface area contributed by atoms with Gasteiger partial charge < -0.3 is 16.4 Å². The summed E-state index contributed by atoms with van der Waals surface area (Å²) in [5, 5.41) is 5.85. The molecule has 0 fully saturated rings.